The maximum Gasteiger partial charge on any atom is 0.378 e. The van der Waals surface area contributed by atoms with Crippen molar-refractivity contribution in [3.8, 4) is 0 Å². The second kappa shape index (κ2) is 10.2. The Labute approximate surface area is 153 Å². The first-order valence-corrected chi connectivity index (χ1v) is 8.76. The van der Waals surface area contributed by atoms with Gasteiger partial charge in [-0.1, -0.05) is 44.2 Å². The Morgan fingerprint density at radius 1 is 1.08 bits per heavy atom. The summed E-state index contributed by atoms with van der Waals surface area (Å²) in [5.41, 5.74) is 0.486. The highest BCUT2D eigenvalue weighted by Gasteiger charge is 2.50. The minimum absolute atomic E-state index is 0.0193. The van der Waals surface area contributed by atoms with E-state index < -0.39 is 29.9 Å². The highest BCUT2D eigenvalue weighted by molar-refractivity contribution is 5.80. The van der Waals surface area contributed by atoms with Gasteiger partial charge in [0, 0.05) is 0 Å². The number of benzene rings is 1. The minimum Gasteiger partial charge on any atom is -0.465 e. The van der Waals surface area contributed by atoms with Crippen molar-refractivity contribution in [2.45, 2.75) is 52.1 Å². The Kier molecular flexibility index (Phi) is 8.65. The van der Waals surface area contributed by atoms with Crippen molar-refractivity contribution >= 4 is 11.9 Å². The van der Waals surface area contributed by atoms with Gasteiger partial charge in [-0.3, -0.25) is 5.32 Å². The van der Waals surface area contributed by atoms with Crippen LogP contribution in [0.15, 0.2) is 30.3 Å². The summed E-state index contributed by atoms with van der Waals surface area (Å²) in [5.74, 6) is -6.19. The monoisotopic (exact) mass is 371 g/mol. The van der Waals surface area contributed by atoms with Gasteiger partial charge in [-0.2, -0.15) is 8.78 Å². The van der Waals surface area contributed by atoms with Crippen molar-refractivity contribution in [1.82, 2.24) is 5.32 Å². The maximum absolute atomic E-state index is 14.7. The molecule has 0 radical (unpaired) electrons. The SMILES string of the molecule is CCOC(=O)[C@H](N[C@@H](CC(C)C)C(F)(F)C(=O)OCC)c1ccccc1. The van der Waals surface area contributed by atoms with E-state index in [4.69, 9.17) is 4.74 Å². The molecule has 0 aliphatic heterocycles. The number of carbonyl (C=O) groups is 2. The number of nitrogens with one attached hydrogen (secondary N) is 1. The lowest BCUT2D eigenvalue weighted by molar-refractivity contribution is -0.178. The zero-order valence-electron chi connectivity index (χ0n) is 15.6. The van der Waals surface area contributed by atoms with Gasteiger partial charge in [-0.05, 0) is 31.7 Å². The maximum atomic E-state index is 14.7. The minimum atomic E-state index is -3.78. The highest BCUT2D eigenvalue weighted by atomic mass is 19.3. The van der Waals surface area contributed by atoms with Gasteiger partial charge in [0.15, 0.2) is 0 Å². The van der Waals surface area contributed by atoms with Crippen LogP contribution in [0.4, 0.5) is 8.78 Å². The van der Waals surface area contributed by atoms with Gasteiger partial charge in [0.1, 0.15) is 6.04 Å². The van der Waals surface area contributed by atoms with Crippen LogP contribution in [0.5, 0.6) is 0 Å². The van der Waals surface area contributed by atoms with Crippen LogP contribution in [-0.2, 0) is 19.1 Å². The molecule has 2 atom stereocenters. The number of carbonyl (C=O) groups excluding carboxylic acids is 2. The molecule has 0 saturated carbocycles. The third-order valence-electron chi connectivity index (χ3n) is 3.72. The van der Waals surface area contributed by atoms with Gasteiger partial charge in [-0.15, -0.1) is 0 Å². The van der Waals surface area contributed by atoms with Crippen molar-refractivity contribution in [2.24, 2.45) is 5.92 Å². The summed E-state index contributed by atoms with van der Waals surface area (Å²) in [5, 5.41) is 2.64. The van der Waals surface area contributed by atoms with E-state index in [-0.39, 0.29) is 25.6 Å². The van der Waals surface area contributed by atoms with Crippen LogP contribution in [0.3, 0.4) is 0 Å². The third-order valence-corrected chi connectivity index (χ3v) is 3.72. The standard InChI is InChI=1S/C19H27F2NO4/c1-5-25-17(23)16(14-10-8-7-9-11-14)22-15(12-13(3)4)19(20,21)18(24)26-6-2/h7-11,13,15-16,22H,5-6,12H2,1-4H3/t15-,16+/m0/s1. The van der Waals surface area contributed by atoms with Gasteiger partial charge in [0.05, 0.1) is 19.3 Å². The molecule has 1 aromatic carbocycles. The summed E-state index contributed by atoms with van der Waals surface area (Å²) >= 11 is 0. The predicted octanol–water partition coefficient (Wildman–Crippen LogP) is 3.49. The molecule has 1 N–H and O–H groups in total. The number of hydrogen-bond donors (Lipinski definition) is 1. The fourth-order valence-electron chi connectivity index (χ4n) is 2.53. The molecular weight excluding hydrogens is 344 g/mol. The van der Waals surface area contributed by atoms with Crippen LogP contribution in [0.25, 0.3) is 0 Å². The van der Waals surface area contributed by atoms with E-state index in [0.29, 0.717) is 5.56 Å². The normalized spacial score (nSPS) is 14.0. The Balaban J connectivity index is 3.17. The zero-order valence-corrected chi connectivity index (χ0v) is 15.6. The van der Waals surface area contributed by atoms with Gasteiger partial charge in [-0.25, -0.2) is 9.59 Å². The lowest BCUT2D eigenvalue weighted by atomic mass is 9.96. The summed E-state index contributed by atoms with van der Waals surface area (Å²) in [4.78, 5) is 24.1. The number of hydrogen-bond acceptors (Lipinski definition) is 5. The summed E-state index contributed by atoms with van der Waals surface area (Å²) in [7, 11) is 0. The van der Waals surface area contributed by atoms with Crippen LogP contribution >= 0.6 is 0 Å². The van der Waals surface area contributed by atoms with Gasteiger partial charge >= 0.3 is 17.9 Å². The zero-order chi connectivity index (χ0) is 19.7. The molecule has 1 aromatic rings. The van der Waals surface area contributed by atoms with Crippen LogP contribution in [0, 0.1) is 5.92 Å². The van der Waals surface area contributed by atoms with Crippen molar-refractivity contribution in [1.29, 1.82) is 0 Å². The summed E-state index contributed by atoms with van der Waals surface area (Å²) in [6.07, 6.45) is -0.0193. The molecule has 0 fully saturated rings. The first kappa shape index (κ1) is 22.0. The summed E-state index contributed by atoms with van der Waals surface area (Å²) < 4.78 is 38.9. The molecule has 0 bridgehead atoms. The van der Waals surface area contributed by atoms with E-state index in [0.717, 1.165) is 0 Å². The van der Waals surface area contributed by atoms with E-state index in [1.807, 2.05) is 0 Å². The topological polar surface area (TPSA) is 64.6 Å². The largest absolute Gasteiger partial charge is 0.465 e. The molecule has 26 heavy (non-hydrogen) atoms. The van der Waals surface area contributed by atoms with E-state index >= 15 is 0 Å². The molecule has 146 valence electrons. The molecular formula is C19H27F2NO4. The molecule has 0 aliphatic rings. The molecule has 0 aliphatic carbocycles. The number of alkyl halides is 2. The average Bonchev–Trinajstić information content (AvgIpc) is 2.59. The van der Waals surface area contributed by atoms with Gasteiger partial charge in [0.2, 0.25) is 0 Å². The van der Waals surface area contributed by atoms with Crippen LogP contribution < -0.4 is 5.32 Å². The smallest absolute Gasteiger partial charge is 0.378 e. The molecule has 0 aromatic heterocycles. The molecule has 0 spiro atoms. The molecule has 0 heterocycles. The number of halogens is 2. The Morgan fingerprint density at radius 3 is 2.15 bits per heavy atom. The molecule has 0 unspecified atom stereocenters. The van der Waals surface area contributed by atoms with Gasteiger partial charge in [0.25, 0.3) is 0 Å². The molecule has 5 nitrogen and oxygen atoms in total. The van der Waals surface area contributed by atoms with Gasteiger partial charge < -0.3 is 9.47 Å². The van der Waals surface area contributed by atoms with E-state index in [2.05, 4.69) is 10.1 Å². The lowest BCUT2D eigenvalue weighted by Crippen LogP contribution is -2.53. The quantitative estimate of drug-likeness (QED) is 0.638. The molecule has 1 rings (SSSR count). The van der Waals surface area contributed by atoms with Crippen LogP contribution in [0.2, 0.25) is 0 Å². The van der Waals surface area contributed by atoms with Crippen LogP contribution in [-0.4, -0.2) is 37.1 Å². The second-order valence-electron chi connectivity index (χ2n) is 6.29. The van der Waals surface area contributed by atoms with Crippen molar-refractivity contribution in [3.05, 3.63) is 35.9 Å². The van der Waals surface area contributed by atoms with E-state index in [1.165, 1.54) is 6.92 Å². The fraction of sp³-hybridized carbons (Fsp3) is 0.579. The Hall–Kier alpha value is -2.02. The number of esters is 2. The van der Waals surface area contributed by atoms with E-state index in [9.17, 15) is 18.4 Å². The van der Waals surface area contributed by atoms with Crippen molar-refractivity contribution in [2.75, 3.05) is 13.2 Å². The Bertz CT molecular complexity index is 578. The number of rotatable bonds is 10. The molecule has 7 heteroatoms. The second-order valence-corrected chi connectivity index (χ2v) is 6.29. The summed E-state index contributed by atoms with van der Waals surface area (Å²) in [6.45, 7) is 6.59. The highest BCUT2D eigenvalue weighted by Crippen LogP contribution is 2.28. The Morgan fingerprint density at radius 2 is 1.65 bits per heavy atom. The van der Waals surface area contributed by atoms with Crippen molar-refractivity contribution < 1.29 is 27.8 Å². The van der Waals surface area contributed by atoms with E-state index in [1.54, 1.807) is 51.1 Å². The average molecular weight is 371 g/mol. The first-order chi connectivity index (χ1) is 12.2. The van der Waals surface area contributed by atoms with Crippen molar-refractivity contribution in [3.63, 3.8) is 0 Å². The summed E-state index contributed by atoms with van der Waals surface area (Å²) in [6, 6.07) is 5.75. The first-order valence-electron chi connectivity index (χ1n) is 8.76. The molecule has 0 saturated heterocycles. The fourth-order valence-corrected chi connectivity index (χ4v) is 2.53. The molecule has 0 amide bonds. The number of ether oxygens (including phenoxy) is 2. The van der Waals surface area contributed by atoms with Crippen LogP contribution in [0.1, 0.15) is 45.7 Å². The predicted molar refractivity (Wildman–Crippen MR) is 93.8 cm³/mol. The lowest BCUT2D eigenvalue weighted by Gasteiger charge is -2.30. The third kappa shape index (κ3) is 6.05.